The molecule has 0 aliphatic heterocycles. The number of aliphatic hydroxyl groups excluding tert-OH is 1. The van der Waals surface area contributed by atoms with Gasteiger partial charge in [-0.25, -0.2) is 0 Å². The summed E-state index contributed by atoms with van der Waals surface area (Å²) in [5, 5.41) is 17.3. The van der Waals surface area contributed by atoms with Gasteiger partial charge in [0.25, 0.3) is 0 Å². The Balaban J connectivity index is 3.94. The van der Waals surface area contributed by atoms with Crippen LogP contribution >= 0.6 is 0 Å². The number of carbonyl (C=O) groups is 1. The van der Waals surface area contributed by atoms with Crippen LogP contribution in [0.2, 0.25) is 0 Å². The molecule has 0 fully saturated rings. The fourth-order valence-corrected chi connectivity index (χ4v) is 0.525. The maximum atomic E-state index is 10.2. The second kappa shape index (κ2) is 3.53. The molecule has 0 aromatic heterocycles. The van der Waals surface area contributed by atoms with Gasteiger partial charge in [-0.3, -0.25) is 4.79 Å². The van der Waals surface area contributed by atoms with Crippen LogP contribution < -0.4 is 5.73 Å². The third-order valence-electron chi connectivity index (χ3n) is 1.61. The van der Waals surface area contributed by atoms with E-state index in [1.807, 2.05) is 0 Å². The first-order valence-electron chi connectivity index (χ1n) is 3.13. The molecule has 4 N–H and O–H groups in total. The van der Waals surface area contributed by atoms with Crippen molar-refractivity contribution in [2.75, 3.05) is 0 Å². The molecule has 3 atom stereocenters. The standard InChI is InChI=1S/C6H13NO3/c1-3(4(2)8)5(7)6(9)10/h3-5,8H,7H2,1-2H3,(H,9,10)/t3-,4?,5?/m0/s1. The van der Waals surface area contributed by atoms with Crippen molar-refractivity contribution >= 4 is 5.97 Å². The van der Waals surface area contributed by atoms with Crippen LogP contribution in [-0.4, -0.2) is 28.3 Å². The second-order valence-corrected chi connectivity index (χ2v) is 2.46. The Morgan fingerprint density at radius 3 is 2.00 bits per heavy atom. The lowest BCUT2D eigenvalue weighted by molar-refractivity contribution is -0.140. The van der Waals surface area contributed by atoms with E-state index in [4.69, 9.17) is 15.9 Å². The molecule has 0 rings (SSSR count). The Bertz CT molecular complexity index is 124. The van der Waals surface area contributed by atoms with Crippen molar-refractivity contribution < 1.29 is 15.0 Å². The number of rotatable bonds is 3. The van der Waals surface area contributed by atoms with Crippen LogP contribution in [0.15, 0.2) is 0 Å². The molecule has 0 heterocycles. The summed E-state index contributed by atoms with van der Waals surface area (Å²) in [6, 6.07) is -0.972. The zero-order chi connectivity index (χ0) is 8.31. The normalized spacial score (nSPS) is 19.6. The second-order valence-electron chi connectivity index (χ2n) is 2.46. The minimum Gasteiger partial charge on any atom is -0.480 e. The van der Waals surface area contributed by atoms with E-state index >= 15 is 0 Å². The van der Waals surface area contributed by atoms with E-state index in [-0.39, 0.29) is 0 Å². The van der Waals surface area contributed by atoms with Gasteiger partial charge in [0.15, 0.2) is 0 Å². The molecule has 0 spiro atoms. The van der Waals surface area contributed by atoms with Gasteiger partial charge in [-0.05, 0) is 6.92 Å². The van der Waals surface area contributed by atoms with Crippen molar-refractivity contribution in [3.63, 3.8) is 0 Å². The van der Waals surface area contributed by atoms with Crippen LogP contribution in [0.25, 0.3) is 0 Å². The molecule has 0 bridgehead atoms. The highest BCUT2D eigenvalue weighted by Crippen LogP contribution is 2.05. The molecule has 0 aromatic carbocycles. The summed E-state index contributed by atoms with van der Waals surface area (Å²) in [4.78, 5) is 10.2. The van der Waals surface area contributed by atoms with E-state index in [1.165, 1.54) is 6.92 Å². The van der Waals surface area contributed by atoms with Crippen molar-refractivity contribution in [2.45, 2.75) is 26.0 Å². The molecule has 0 aliphatic rings. The molecule has 0 aliphatic carbocycles. The molecule has 2 unspecified atom stereocenters. The Kier molecular flexibility index (Phi) is 3.32. The first-order valence-corrected chi connectivity index (χ1v) is 3.13. The monoisotopic (exact) mass is 147 g/mol. The molecule has 0 amide bonds. The van der Waals surface area contributed by atoms with E-state index in [2.05, 4.69) is 0 Å². The number of aliphatic carboxylic acids is 1. The molecule has 0 aromatic rings. The van der Waals surface area contributed by atoms with Gasteiger partial charge in [-0.2, -0.15) is 0 Å². The smallest absolute Gasteiger partial charge is 0.320 e. The van der Waals surface area contributed by atoms with Crippen molar-refractivity contribution in [3.05, 3.63) is 0 Å². The Labute approximate surface area is 59.7 Å². The maximum absolute atomic E-state index is 10.2. The van der Waals surface area contributed by atoms with Gasteiger partial charge in [0.2, 0.25) is 0 Å². The average molecular weight is 147 g/mol. The highest BCUT2D eigenvalue weighted by atomic mass is 16.4. The highest BCUT2D eigenvalue weighted by Gasteiger charge is 2.23. The van der Waals surface area contributed by atoms with Crippen molar-refractivity contribution in [3.8, 4) is 0 Å². The first kappa shape index (κ1) is 9.39. The van der Waals surface area contributed by atoms with Gasteiger partial charge in [-0.1, -0.05) is 6.92 Å². The molecule has 0 radical (unpaired) electrons. The zero-order valence-electron chi connectivity index (χ0n) is 6.11. The molecule has 4 heteroatoms. The largest absolute Gasteiger partial charge is 0.480 e. The van der Waals surface area contributed by atoms with Crippen molar-refractivity contribution in [1.82, 2.24) is 0 Å². The minimum atomic E-state index is -1.08. The number of carboxylic acids is 1. The summed E-state index contributed by atoms with van der Waals surface area (Å²) >= 11 is 0. The van der Waals surface area contributed by atoms with Crippen LogP contribution in [0.3, 0.4) is 0 Å². The van der Waals surface area contributed by atoms with Crippen LogP contribution in [0.1, 0.15) is 13.8 Å². The summed E-state index contributed by atoms with van der Waals surface area (Å²) in [6.45, 7) is 3.12. The van der Waals surface area contributed by atoms with Crippen LogP contribution in [0.4, 0.5) is 0 Å². The van der Waals surface area contributed by atoms with Gasteiger partial charge in [0, 0.05) is 5.92 Å². The van der Waals surface area contributed by atoms with E-state index in [0.29, 0.717) is 0 Å². The summed E-state index contributed by atoms with van der Waals surface area (Å²) in [5.74, 6) is -1.48. The summed E-state index contributed by atoms with van der Waals surface area (Å²) in [5.41, 5.74) is 5.20. The van der Waals surface area contributed by atoms with E-state index in [1.54, 1.807) is 6.92 Å². The van der Waals surface area contributed by atoms with Crippen molar-refractivity contribution in [1.29, 1.82) is 0 Å². The van der Waals surface area contributed by atoms with E-state index in [0.717, 1.165) is 0 Å². The number of hydrogen-bond acceptors (Lipinski definition) is 3. The molecular formula is C6H13NO3. The lowest BCUT2D eigenvalue weighted by Crippen LogP contribution is -2.41. The first-order chi connectivity index (χ1) is 4.46. The fraction of sp³-hybridized carbons (Fsp3) is 0.833. The molecule has 0 saturated heterocycles. The Morgan fingerprint density at radius 1 is 1.50 bits per heavy atom. The van der Waals surface area contributed by atoms with Crippen LogP contribution in [0.5, 0.6) is 0 Å². The number of carboxylic acid groups (broad SMARTS) is 1. The van der Waals surface area contributed by atoms with Gasteiger partial charge < -0.3 is 15.9 Å². The molecule has 60 valence electrons. The maximum Gasteiger partial charge on any atom is 0.320 e. The fourth-order valence-electron chi connectivity index (χ4n) is 0.525. The number of aliphatic hydroxyl groups is 1. The third-order valence-corrected chi connectivity index (χ3v) is 1.61. The molecule has 4 nitrogen and oxygen atoms in total. The Hall–Kier alpha value is -0.610. The summed E-state index contributed by atoms with van der Waals surface area (Å²) < 4.78 is 0. The SMILES string of the molecule is CC(O)[C@H](C)C(N)C(=O)O. The quantitative estimate of drug-likeness (QED) is 0.498. The van der Waals surface area contributed by atoms with Gasteiger partial charge >= 0.3 is 5.97 Å². The highest BCUT2D eigenvalue weighted by molar-refractivity contribution is 5.73. The topological polar surface area (TPSA) is 83.5 Å². The lowest BCUT2D eigenvalue weighted by atomic mass is 9.98. The molecule has 10 heavy (non-hydrogen) atoms. The van der Waals surface area contributed by atoms with Gasteiger partial charge in [0.05, 0.1) is 6.10 Å². The van der Waals surface area contributed by atoms with Crippen LogP contribution in [0, 0.1) is 5.92 Å². The Morgan fingerprint density at radius 2 is 1.90 bits per heavy atom. The molecule has 0 saturated carbocycles. The summed E-state index contributed by atoms with van der Waals surface area (Å²) in [6.07, 6.45) is -0.675. The number of nitrogens with two attached hydrogens (primary N) is 1. The van der Waals surface area contributed by atoms with Crippen LogP contribution in [-0.2, 0) is 4.79 Å². The predicted octanol–water partition coefficient (Wildman–Crippen LogP) is -0.585. The molecular weight excluding hydrogens is 134 g/mol. The predicted molar refractivity (Wildman–Crippen MR) is 36.5 cm³/mol. The van der Waals surface area contributed by atoms with E-state index in [9.17, 15) is 4.79 Å². The third kappa shape index (κ3) is 2.33. The summed E-state index contributed by atoms with van der Waals surface area (Å²) in [7, 11) is 0. The van der Waals surface area contributed by atoms with E-state index < -0.39 is 24.0 Å². The zero-order valence-corrected chi connectivity index (χ0v) is 6.11. The average Bonchev–Trinajstić information content (AvgIpc) is 1.84. The lowest BCUT2D eigenvalue weighted by Gasteiger charge is -2.17. The van der Waals surface area contributed by atoms with Gasteiger partial charge in [-0.15, -0.1) is 0 Å². The number of hydrogen-bond donors (Lipinski definition) is 3. The van der Waals surface area contributed by atoms with Crippen molar-refractivity contribution in [2.24, 2.45) is 11.7 Å². The van der Waals surface area contributed by atoms with Gasteiger partial charge in [0.1, 0.15) is 6.04 Å². The minimum absolute atomic E-state index is 0.405.